The van der Waals surface area contributed by atoms with Gasteiger partial charge in [-0.25, -0.2) is 4.79 Å². The molecule has 13 heteroatoms. The molecule has 7 nitrogen and oxygen atoms in total. The van der Waals surface area contributed by atoms with E-state index in [0.29, 0.717) is 36.8 Å². The summed E-state index contributed by atoms with van der Waals surface area (Å²) in [4.78, 5) is 31.2. The number of hydrogen-bond acceptors (Lipinski definition) is 6. The molecule has 0 spiro atoms. The fourth-order valence-corrected chi connectivity index (χ4v) is 11.5. The third kappa shape index (κ3) is 8.56. The molecule has 1 aromatic carbocycles. The summed E-state index contributed by atoms with van der Waals surface area (Å²) in [7, 11) is 0.665. The van der Waals surface area contributed by atoms with Gasteiger partial charge in [0.25, 0.3) is 0 Å². The van der Waals surface area contributed by atoms with E-state index >= 15 is 0 Å². The highest BCUT2D eigenvalue weighted by atomic mass is 32.2. The summed E-state index contributed by atoms with van der Waals surface area (Å²) in [5, 5.41) is 3.11. The van der Waals surface area contributed by atoms with Gasteiger partial charge >= 0.3 is 18.2 Å². The van der Waals surface area contributed by atoms with Crippen molar-refractivity contribution in [3.05, 3.63) is 28.8 Å². The first-order valence-corrected chi connectivity index (χ1v) is 20.9. The molecule has 0 bridgehead atoms. The molecular formula is C39H56F5N3O4S. The number of hydrogen-bond donors (Lipinski definition) is 1. The zero-order chi connectivity index (χ0) is 37.4. The molecule has 2 saturated carbocycles. The minimum atomic E-state index is -5.60. The Kier molecular flexibility index (Phi) is 12.1. The number of ether oxygens (including phenoxy) is 1. The molecule has 1 amide bonds. The Morgan fingerprint density at radius 3 is 2.38 bits per heavy atom. The minimum Gasteiger partial charge on any atom is -0.410 e. The second-order valence-electron chi connectivity index (χ2n) is 16.7. The molecule has 1 N–H and O–H groups in total. The topological polar surface area (TPSA) is 79.0 Å². The van der Waals surface area contributed by atoms with Crippen LogP contribution >= 0.6 is 0 Å². The number of rotatable bonds is 11. The number of nitrogens with zero attached hydrogens (tertiary/aromatic N) is 2. The van der Waals surface area contributed by atoms with Crippen LogP contribution in [0.15, 0.2) is 12.1 Å². The van der Waals surface area contributed by atoms with Crippen molar-refractivity contribution in [3.8, 4) is 5.75 Å². The van der Waals surface area contributed by atoms with Crippen molar-refractivity contribution >= 4 is 22.7 Å². The summed E-state index contributed by atoms with van der Waals surface area (Å²) in [6.07, 6.45) is 1.40. The summed E-state index contributed by atoms with van der Waals surface area (Å²) in [6.45, 7) is 8.27. The van der Waals surface area contributed by atoms with Crippen LogP contribution in [0.25, 0.3) is 0 Å². The van der Waals surface area contributed by atoms with Gasteiger partial charge in [0.2, 0.25) is 0 Å². The molecule has 1 unspecified atom stereocenters. The number of alkyl halides is 5. The maximum absolute atomic E-state index is 13.3. The number of aryl methyl sites for hydroxylation is 1. The highest BCUT2D eigenvalue weighted by Gasteiger charge is 2.57. The number of carbonyl (C=O) groups excluding carboxylic acids is 2. The lowest BCUT2D eigenvalue weighted by atomic mass is 9.52. The van der Waals surface area contributed by atoms with Gasteiger partial charge in [-0.15, -0.1) is 0 Å². The van der Waals surface area contributed by atoms with Crippen molar-refractivity contribution in [3.63, 3.8) is 0 Å². The van der Waals surface area contributed by atoms with Crippen molar-refractivity contribution in [2.24, 2.45) is 23.2 Å². The van der Waals surface area contributed by atoms with E-state index in [-0.39, 0.29) is 46.6 Å². The van der Waals surface area contributed by atoms with Crippen LogP contribution in [0.4, 0.5) is 26.7 Å². The summed E-state index contributed by atoms with van der Waals surface area (Å²) >= 11 is 0. The molecule has 52 heavy (non-hydrogen) atoms. The predicted octanol–water partition coefficient (Wildman–Crippen LogP) is 7.80. The van der Waals surface area contributed by atoms with Gasteiger partial charge in [-0.1, -0.05) is 13.0 Å². The Labute approximate surface area is 307 Å². The van der Waals surface area contributed by atoms with Gasteiger partial charge in [-0.2, -0.15) is 22.0 Å². The zero-order valence-corrected chi connectivity index (χ0v) is 31.7. The van der Waals surface area contributed by atoms with E-state index < -0.39 is 41.8 Å². The van der Waals surface area contributed by atoms with Gasteiger partial charge in [-0.3, -0.25) is 9.00 Å². The van der Waals surface area contributed by atoms with Crippen LogP contribution in [0.5, 0.6) is 5.75 Å². The van der Waals surface area contributed by atoms with E-state index in [2.05, 4.69) is 35.2 Å². The predicted molar refractivity (Wildman–Crippen MR) is 191 cm³/mol. The molecule has 2 aliphatic heterocycles. The van der Waals surface area contributed by atoms with E-state index in [9.17, 15) is 35.8 Å². The average molecular weight is 758 g/mol. The standard InChI is InChI=1S/C39H56F5N3O4S/c1-25-22-31-27(24-33(25)51-36(49)45-28-10-18-47(19-11-28)29-12-16-46(3)17-13-29)23-26(35-30(31)9-15-37(2)32(35)7-8-34(37)48)6-4-20-52(50)21-5-14-38(40,41)39(42,43)44/h22,24,26,28-30,32,35H,4-21,23H2,1-3H3,(H,45,49)/t26-,30-,32+,35-,37+,52?/m1/s1. The highest BCUT2D eigenvalue weighted by molar-refractivity contribution is 7.84. The summed E-state index contributed by atoms with van der Waals surface area (Å²) in [6, 6.07) is 4.85. The molecule has 6 rings (SSSR count). The summed E-state index contributed by atoms with van der Waals surface area (Å²) in [5.74, 6) is -2.96. The molecular weight excluding hydrogens is 702 g/mol. The van der Waals surface area contributed by atoms with Crippen LogP contribution < -0.4 is 10.1 Å². The normalized spacial score (nSPS) is 30.0. The van der Waals surface area contributed by atoms with Crippen molar-refractivity contribution < 1.29 is 40.5 Å². The minimum absolute atomic E-state index is 0.0652. The largest absolute Gasteiger partial charge is 0.453 e. The van der Waals surface area contributed by atoms with Gasteiger partial charge in [0.1, 0.15) is 11.5 Å². The smallest absolute Gasteiger partial charge is 0.410 e. The second kappa shape index (κ2) is 15.9. The maximum Gasteiger partial charge on any atom is 0.453 e. The van der Waals surface area contributed by atoms with E-state index in [1.807, 2.05) is 13.0 Å². The molecule has 3 aliphatic carbocycles. The number of piperidine rings is 2. The molecule has 2 heterocycles. The molecule has 1 aromatic rings. The third-order valence-electron chi connectivity index (χ3n) is 13.4. The van der Waals surface area contributed by atoms with Crippen molar-refractivity contribution in [2.75, 3.05) is 44.7 Å². The first-order valence-electron chi connectivity index (χ1n) is 19.4. The summed E-state index contributed by atoms with van der Waals surface area (Å²) < 4.78 is 83.0. The van der Waals surface area contributed by atoms with Crippen LogP contribution in [0, 0.1) is 30.1 Å². The average Bonchev–Trinajstić information content (AvgIpc) is 3.39. The van der Waals surface area contributed by atoms with E-state index in [4.69, 9.17) is 4.74 Å². The highest BCUT2D eigenvalue weighted by Crippen LogP contribution is 2.61. The lowest BCUT2D eigenvalue weighted by molar-refractivity contribution is -0.284. The van der Waals surface area contributed by atoms with Crippen LogP contribution in [-0.2, 0) is 22.0 Å². The van der Waals surface area contributed by atoms with Crippen LogP contribution in [0.2, 0.25) is 0 Å². The van der Waals surface area contributed by atoms with Crippen molar-refractivity contribution in [2.45, 2.75) is 127 Å². The Morgan fingerprint density at radius 2 is 1.69 bits per heavy atom. The van der Waals surface area contributed by atoms with Gasteiger partial charge in [0.15, 0.2) is 0 Å². The molecule has 4 fully saturated rings. The number of Topliss-reactive ketones (excluding diaryl/α,β-unsaturated/α-hetero) is 1. The number of amides is 1. The van der Waals surface area contributed by atoms with Crippen LogP contribution in [-0.4, -0.2) is 94.8 Å². The second-order valence-corrected chi connectivity index (χ2v) is 18.4. The van der Waals surface area contributed by atoms with E-state index in [1.165, 1.54) is 18.4 Å². The number of carbonyl (C=O) groups is 2. The Hall–Kier alpha value is -2.12. The van der Waals surface area contributed by atoms with Gasteiger partial charge < -0.3 is 19.9 Å². The Morgan fingerprint density at radius 1 is 1.00 bits per heavy atom. The van der Waals surface area contributed by atoms with E-state index in [0.717, 1.165) is 75.8 Å². The van der Waals surface area contributed by atoms with E-state index in [1.54, 1.807) is 0 Å². The zero-order valence-electron chi connectivity index (χ0n) is 30.9. The van der Waals surface area contributed by atoms with Gasteiger partial charge in [-0.05, 0) is 144 Å². The number of halogens is 5. The fraction of sp³-hybridized carbons (Fsp3) is 0.795. The van der Waals surface area contributed by atoms with Crippen molar-refractivity contribution in [1.82, 2.24) is 15.1 Å². The van der Waals surface area contributed by atoms with Gasteiger partial charge in [0, 0.05) is 65.7 Å². The maximum atomic E-state index is 13.3. The van der Waals surface area contributed by atoms with Crippen LogP contribution in [0.3, 0.4) is 0 Å². The lowest BCUT2D eigenvalue weighted by Crippen LogP contribution is -2.51. The Bertz CT molecular complexity index is 1480. The lowest BCUT2D eigenvalue weighted by Gasteiger charge is -2.52. The molecule has 0 aromatic heterocycles. The SMILES string of the molecule is Cc1cc2c(cc1OC(=O)NC1CCN(C3CCN(C)CC3)CC1)C[C@@H](CCCS(=O)CCCC(F)(F)C(F)(F)F)[C@@H]1[C@@H]2CC[C@]2(C)C(=O)CC[C@@H]12. The van der Waals surface area contributed by atoms with Crippen molar-refractivity contribution in [1.29, 1.82) is 0 Å². The summed E-state index contributed by atoms with van der Waals surface area (Å²) in [5.41, 5.74) is 2.91. The molecule has 0 radical (unpaired) electrons. The van der Waals surface area contributed by atoms with Crippen LogP contribution in [0.1, 0.15) is 107 Å². The number of ketones is 1. The first kappa shape index (κ1) is 39.6. The molecule has 6 atom stereocenters. The van der Waals surface area contributed by atoms with Gasteiger partial charge in [0.05, 0.1) is 0 Å². The molecule has 5 aliphatic rings. The number of benzene rings is 1. The number of fused-ring (bicyclic) bond motifs is 5. The number of likely N-dealkylation sites (tertiary alicyclic amines) is 2. The first-order chi connectivity index (χ1) is 24.6. The molecule has 2 saturated heterocycles. The monoisotopic (exact) mass is 757 g/mol. The number of nitrogens with one attached hydrogen (secondary N) is 1. The molecule has 292 valence electrons. The third-order valence-corrected chi connectivity index (χ3v) is 14.9. The Balaban J connectivity index is 1.08. The fourth-order valence-electron chi connectivity index (χ4n) is 10.4. The quantitative estimate of drug-likeness (QED) is 0.232.